The molecular formula is C45H35NS2. The van der Waals surface area contributed by atoms with Crippen molar-refractivity contribution in [2.45, 2.75) is 18.8 Å². The van der Waals surface area contributed by atoms with Crippen LogP contribution < -0.4 is 4.90 Å². The number of hydrogen-bond donors (Lipinski definition) is 0. The largest absolute Gasteiger partial charge is 0.311 e. The van der Waals surface area contributed by atoms with Crippen molar-refractivity contribution in [3.05, 3.63) is 193 Å². The smallest absolute Gasteiger partial charge is 0.0461 e. The molecule has 0 N–H and O–H groups in total. The molecule has 8 rings (SSSR count). The number of thiophene rings is 2. The fourth-order valence-electron chi connectivity index (χ4n) is 6.38. The maximum absolute atomic E-state index is 2.41. The fraction of sp³-hybridized carbons (Fsp3) is 0.0667. The molecule has 0 spiro atoms. The van der Waals surface area contributed by atoms with Gasteiger partial charge in [-0.15, -0.1) is 22.7 Å². The second kappa shape index (κ2) is 13.1. The molecule has 1 unspecified atom stereocenters. The number of benzene rings is 5. The molecule has 0 saturated heterocycles. The second-order valence-corrected chi connectivity index (χ2v) is 14.6. The Balaban J connectivity index is 1.10. The Morgan fingerprint density at radius 1 is 0.458 bits per heavy atom. The molecule has 7 aromatic rings. The van der Waals surface area contributed by atoms with E-state index in [0.717, 1.165) is 17.8 Å². The molecule has 232 valence electrons. The molecule has 0 amide bonds. The molecule has 5 aromatic carbocycles. The molecule has 3 heteroatoms. The summed E-state index contributed by atoms with van der Waals surface area (Å²) >= 11 is 3.74. The first-order chi connectivity index (χ1) is 23.6. The lowest BCUT2D eigenvalue weighted by Crippen LogP contribution is -2.23. The van der Waals surface area contributed by atoms with Crippen LogP contribution in [-0.2, 0) is 5.41 Å². The third kappa shape index (κ3) is 6.11. The van der Waals surface area contributed by atoms with Crippen LogP contribution >= 0.6 is 22.7 Å². The Morgan fingerprint density at radius 3 is 1.42 bits per heavy atom. The predicted molar refractivity (Wildman–Crippen MR) is 208 cm³/mol. The topological polar surface area (TPSA) is 3.24 Å². The first kappa shape index (κ1) is 30.1. The predicted octanol–water partition coefficient (Wildman–Crippen LogP) is 13.4. The van der Waals surface area contributed by atoms with Gasteiger partial charge in [-0.2, -0.15) is 0 Å². The molecule has 1 aliphatic rings. The van der Waals surface area contributed by atoms with Gasteiger partial charge in [-0.1, -0.05) is 134 Å². The molecule has 48 heavy (non-hydrogen) atoms. The fourth-order valence-corrected chi connectivity index (χ4v) is 8.54. The molecule has 2 heterocycles. The Hall–Kier alpha value is -5.22. The van der Waals surface area contributed by atoms with E-state index in [2.05, 4.69) is 194 Å². The Morgan fingerprint density at radius 2 is 0.896 bits per heavy atom. The summed E-state index contributed by atoms with van der Waals surface area (Å²) < 4.78 is 0. The number of allylic oxidation sites excluding steroid dienone is 3. The maximum atomic E-state index is 2.41. The summed E-state index contributed by atoms with van der Waals surface area (Å²) in [6.45, 7) is 2.36. The summed E-state index contributed by atoms with van der Waals surface area (Å²) in [6, 6.07) is 59.0. The van der Waals surface area contributed by atoms with Crippen LogP contribution in [0.4, 0.5) is 11.4 Å². The second-order valence-electron chi connectivity index (χ2n) is 12.4. The monoisotopic (exact) mass is 653 g/mol. The summed E-state index contributed by atoms with van der Waals surface area (Å²) in [5.74, 6) is 0. The van der Waals surface area contributed by atoms with Gasteiger partial charge in [0.1, 0.15) is 0 Å². The zero-order valence-electron chi connectivity index (χ0n) is 26.8. The summed E-state index contributed by atoms with van der Waals surface area (Å²) in [6.07, 6.45) is 8.06. The van der Waals surface area contributed by atoms with Crippen LogP contribution in [0.3, 0.4) is 0 Å². The average Bonchev–Trinajstić information content (AvgIpc) is 3.87. The highest BCUT2D eigenvalue weighted by Crippen LogP contribution is 2.43. The van der Waals surface area contributed by atoms with E-state index in [1.165, 1.54) is 53.0 Å². The molecule has 1 aliphatic carbocycles. The van der Waals surface area contributed by atoms with Crippen molar-refractivity contribution < 1.29 is 0 Å². The first-order valence-corrected chi connectivity index (χ1v) is 18.0. The normalized spacial score (nSPS) is 15.6. The van der Waals surface area contributed by atoms with Gasteiger partial charge in [0.15, 0.2) is 0 Å². The number of nitrogens with zero attached hydrogens (tertiary/aromatic N) is 1. The summed E-state index contributed by atoms with van der Waals surface area (Å²) in [5, 5.41) is 0. The average molecular weight is 654 g/mol. The number of rotatable bonds is 8. The quantitative estimate of drug-likeness (QED) is 0.158. The van der Waals surface area contributed by atoms with Crippen molar-refractivity contribution in [2.24, 2.45) is 0 Å². The zero-order chi connectivity index (χ0) is 32.3. The Kier molecular flexibility index (Phi) is 8.24. The lowest BCUT2D eigenvalue weighted by atomic mass is 9.81. The van der Waals surface area contributed by atoms with Gasteiger partial charge in [-0.25, -0.2) is 0 Å². The van der Waals surface area contributed by atoms with Gasteiger partial charge >= 0.3 is 0 Å². The van der Waals surface area contributed by atoms with Gasteiger partial charge in [0.25, 0.3) is 0 Å². The molecule has 0 fully saturated rings. The molecule has 2 aromatic heterocycles. The minimum absolute atomic E-state index is 0.0521. The molecule has 0 aliphatic heterocycles. The highest BCUT2D eigenvalue weighted by atomic mass is 32.1. The van der Waals surface area contributed by atoms with Crippen LogP contribution in [0.2, 0.25) is 0 Å². The molecule has 1 nitrogen and oxygen atoms in total. The van der Waals surface area contributed by atoms with E-state index in [4.69, 9.17) is 0 Å². The SMILES string of the molecule is CC1(c2ccc(-c3ccccc3)s2)C=CC(N(c2ccc(-c3ccccc3)cc2)c2ccc(-c3ccc(-c4ccccc4)s3)cc2)=CC1. The van der Waals surface area contributed by atoms with Gasteiger partial charge in [0.05, 0.1) is 0 Å². The Bertz CT molecular complexity index is 2190. The van der Waals surface area contributed by atoms with Crippen molar-refractivity contribution in [1.29, 1.82) is 0 Å². The third-order valence-corrected chi connectivity index (χ3v) is 11.7. The maximum Gasteiger partial charge on any atom is 0.0461 e. The Labute approximate surface area is 291 Å². The highest BCUT2D eigenvalue weighted by molar-refractivity contribution is 7.18. The lowest BCUT2D eigenvalue weighted by Gasteiger charge is -2.32. The minimum Gasteiger partial charge on any atom is -0.311 e. The minimum atomic E-state index is -0.0521. The zero-order valence-corrected chi connectivity index (χ0v) is 28.4. The van der Waals surface area contributed by atoms with E-state index in [1.807, 2.05) is 22.7 Å². The van der Waals surface area contributed by atoms with Crippen molar-refractivity contribution in [3.8, 4) is 42.4 Å². The van der Waals surface area contributed by atoms with Crippen LogP contribution in [0.5, 0.6) is 0 Å². The van der Waals surface area contributed by atoms with Crippen LogP contribution in [0.25, 0.3) is 42.4 Å². The standard InChI is InChI=1S/C45H35NS2/c1-45(44-28-27-43(48-44)36-15-9-4-10-16-36)31-29-40(30-32-45)46(38-21-17-34(18-22-38)33-11-5-2-6-12-33)39-23-19-37(20-24-39)42-26-25-41(47-42)35-13-7-3-8-14-35/h2-31H,32H2,1H3. The van der Waals surface area contributed by atoms with Crippen LogP contribution in [0, 0.1) is 0 Å². The first-order valence-electron chi connectivity index (χ1n) is 16.4. The van der Waals surface area contributed by atoms with E-state index in [-0.39, 0.29) is 5.41 Å². The van der Waals surface area contributed by atoms with Crippen molar-refractivity contribution in [2.75, 3.05) is 4.90 Å². The van der Waals surface area contributed by atoms with Gasteiger partial charge in [-0.05, 0) is 88.8 Å². The van der Waals surface area contributed by atoms with Crippen molar-refractivity contribution in [3.63, 3.8) is 0 Å². The van der Waals surface area contributed by atoms with Crippen LogP contribution in [0.1, 0.15) is 18.2 Å². The van der Waals surface area contributed by atoms with Crippen LogP contribution in [0.15, 0.2) is 188 Å². The highest BCUT2D eigenvalue weighted by Gasteiger charge is 2.29. The van der Waals surface area contributed by atoms with Crippen molar-refractivity contribution in [1.82, 2.24) is 0 Å². The van der Waals surface area contributed by atoms with Crippen LogP contribution in [-0.4, -0.2) is 0 Å². The van der Waals surface area contributed by atoms with Gasteiger partial charge in [0.2, 0.25) is 0 Å². The third-order valence-electron chi connectivity index (χ3n) is 9.15. The molecular weight excluding hydrogens is 619 g/mol. The lowest BCUT2D eigenvalue weighted by molar-refractivity contribution is 0.608. The number of hydrogen-bond acceptors (Lipinski definition) is 3. The summed E-state index contributed by atoms with van der Waals surface area (Å²) in [4.78, 5) is 7.66. The van der Waals surface area contributed by atoms with E-state index < -0.39 is 0 Å². The molecule has 0 bridgehead atoms. The molecule has 1 atom stereocenters. The summed E-state index contributed by atoms with van der Waals surface area (Å²) in [7, 11) is 0. The van der Waals surface area contributed by atoms with Gasteiger partial charge in [0, 0.05) is 42.0 Å². The van der Waals surface area contributed by atoms with E-state index in [0.29, 0.717) is 0 Å². The van der Waals surface area contributed by atoms with E-state index in [1.54, 1.807) is 0 Å². The van der Waals surface area contributed by atoms with E-state index in [9.17, 15) is 0 Å². The molecule has 0 radical (unpaired) electrons. The molecule has 0 saturated carbocycles. The van der Waals surface area contributed by atoms with Gasteiger partial charge in [-0.3, -0.25) is 0 Å². The number of anilines is 2. The van der Waals surface area contributed by atoms with Gasteiger partial charge < -0.3 is 4.90 Å². The van der Waals surface area contributed by atoms with E-state index >= 15 is 0 Å². The van der Waals surface area contributed by atoms with Crippen molar-refractivity contribution >= 4 is 34.0 Å². The summed E-state index contributed by atoms with van der Waals surface area (Å²) in [5.41, 5.74) is 9.65.